The van der Waals surface area contributed by atoms with Crippen molar-refractivity contribution in [3.63, 3.8) is 0 Å². The molecule has 3 aromatic carbocycles. The third-order valence-electron chi connectivity index (χ3n) is 13.1. The molecule has 0 saturated heterocycles. The number of amides is 5. The van der Waals surface area contributed by atoms with Gasteiger partial charge in [-0.1, -0.05) is 53.1 Å². The molecule has 9 aromatic heterocycles. The number of nitrogen functional groups attached to an aromatic ring is 1. The smallest absolute Gasteiger partial charge is 0.384 e. The fourth-order valence-corrected chi connectivity index (χ4v) is 11.1. The van der Waals surface area contributed by atoms with Crippen molar-refractivity contribution in [1.29, 1.82) is 0 Å². The van der Waals surface area contributed by atoms with Crippen molar-refractivity contribution in [3.8, 4) is 45.0 Å². The van der Waals surface area contributed by atoms with Gasteiger partial charge in [-0.15, -0.1) is 4.40 Å². The number of imide groups is 1. The molecule has 0 radical (unpaired) electrons. The lowest BCUT2D eigenvalue weighted by atomic mass is 10.2. The summed E-state index contributed by atoms with van der Waals surface area (Å²) in [6, 6.07) is 39.9. The number of aromatic amines is 4. The highest BCUT2D eigenvalue weighted by atomic mass is 35.7. The minimum absolute atomic E-state index is 0.0266. The standard InChI is InChI=1S/C20H22N6O4S.C15H14N4O2S.C13H14N6O.C8H8N4.C7H7ClO2S.H2O4S/c1-3-21-20(28)23-19(27)13-26-11-9-15(17-8-10-22-24-17)12-18(26)25-31(29,30)16-6-4-14(2)5-7-16;1-11-2-4-13(5-3-11)22(20,21)19-15-10-12(6-8-16-15)14-7-9-17-18-14;1-2-14-13(20)17-11-8-19-6-4-9(7-12(19)16-11)10-3-5-15-18-10;9-8-5-6(1-3-10-8)7-2-4-11-12-7;1-6-2-4-7(5-3-6)11(8,9)10;1-5(2,3)4/h4-12H,3,13H2,1-2H3,(H,22,24)(H2,21,23,27,28);2-10H,1H3,(H,16,19)(H,17,18);3-8H,2H2,1H3,(H,15,18)(H2,14,17,20);1-5H,(H2,9,10)(H,11,12);2-5H,1H3;(H2,1,2,3,4). The Balaban J connectivity index is 0.000000181. The Kier molecular flexibility index (Phi) is 27.1. The Morgan fingerprint density at radius 3 is 1.46 bits per heavy atom. The average Bonchev–Trinajstić information content (AvgIpc) is 1.81. The SMILES string of the molecule is CCNC(=O)NC(=O)Cn1ccc(-c2ccn[nH]2)cc1=NS(=O)(=O)c1ccc(C)cc1.CCNC(=O)Nc1cn2ccc(-c3ccn[nH]3)cc2n1.Cc1ccc(S(=O)(=O)Cl)cc1.Cc1ccc(S(=O)(=O)Nc2cc(-c3ccn[nH]3)ccn2)cc1.Nc1cc(-c2ccn[nH]2)ccn1.O=S(=O)(O)O. The van der Waals surface area contributed by atoms with Gasteiger partial charge >= 0.3 is 22.5 Å². The van der Waals surface area contributed by atoms with Crippen molar-refractivity contribution < 1.29 is 57.2 Å². The Morgan fingerprint density at radius 2 is 0.980 bits per heavy atom. The summed E-state index contributed by atoms with van der Waals surface area (Å²) in [5.74, 6) is 0.668. The molecule has 0 bridgehead atoms. The van der Waals surface area contributed by atoms with Gasteiger partial charge in [-0.2, -0.15) is 37.2 Å². The predicted octanol–water partition coefficient (Wildman–Crippen LogP) is 8.09. The van der Waals surface area contributed by atoms with Crippen LogP contribution in [0.3, 0.4) is 0 Å². The number of nitrogens with two attached hydrogens (primary N) is 1. The number of carbonyl (C=O) groups is 3. The number of sulfonamides is 2. The van der Waals surface area contributed by atoms with Crippen LogP contribution in [0.1, 0.15) is 30.5 Å². The molecular weight excluding hydrogens is 1410 g/mol. The zero-order valence-corrected chi connectivity index (χ0v) is 58.1. The van der Waals surface area contributed by atoms with Crippen LogP contribution in [0, 0.1) is 20.8 Å². The Morgan fingerprint density at radius 1 is 0.535 bits per heavy atom. The number of H-pyrrole nitrogens is 4. The minimum Gasteiger partial charge on any atom is -0.384 e. The van der Waals surface area contributed by atoms with E-state index < -0.39 is 51.4 Å². The van der Waals surface area contributed by atoms with Crippen LogP contribution in [-0.4, -0.2) is 139 Å². The summed E-state index contributed by atoms with van der Waals surface area (Å²) in [4.78, 5) is 48.0. The maximum Gasteiger partial charge on any atom is 0.394 e. The lowest BCUT2D eigenvalue weighted by Crippen LogP contribution is -2.42. The molecule has 9 heterocycles. The number of urea groups is 2. The second-order valence-corrected chi connectivity index (χ2v) is 27.6. The van der Waals surface area contributed by atoms with Gasteiger partial charge in [0.05, 0.1) is 43.7 Å². The Hall–Kier alpha value is -11.7. The summed E-state index contributed by atoms with van der Waals surface area (Å²) in [6.07, 6.45) is 15.0. The number of aromatic nitrogens is 13. The number of halogens is 1. The van der Waals surface area contributed by atoms with E-state index in [1.54, 1.807) is 135 Å². The molecule has 0 fully saturated rings. The van der Waals surface area contributed by atoms with E-state index in [4.69, 9.17) is 33.9 Å². The number of aryl methyl sites for hydroxylation is 3. The molecule has 12 aromatic rings. The number of nitrogens with zero attached hydrogens (tertiary/aromatic N) is 10. The van der Waals surface area contributed by atoms with Gasteiger partial charge in [-0.25, -0.2) is 41.4 Å². The van der Waals surface area contributed by atoms with E-state index in [9.17, 15) is 39.6 Å². The first kappa shape index (κ1) is 76.6. The number of hydrogen-bond donors (Lipinski definition) is 12. The van der Waals surface area contributed by atoms with Gasteiger partial charge in [-0.3, -0.25) is 49.7 Å². The average molecular weight is 1480 g/mol. The molecule has 0 atom stereocenters. The first-order valence-electron chi connectivity index (χ1n) is 29.6. The van der Waals surface area contributed by atoms with Crippen molar-refractivity contribution in [2.75, 3.05) is 28.9 Å². The first-order chi connectivity index (χ1) is 47.9. The fraction of sp³-hybridized carbons (Fsp3) is 0.127. The van der Waals surface area contributed by atoms with Crippen LogP contribution in [0.4, 0.5) is 27.0 Å². The van der Waals surface area contributed by atoms with E-state index in [1.807, 2.05) is 68.6 Å². The zero-order valence-electron chi connectivity index (χ0n) is 54.1. The molecule has 0 spiro atoms. The molecule has 12 rings (SSSR count). The third kappa shape index (κ3) is 24.9. The molecule has 0 saturated carbocycles. The van der Waals surface area contributed by atoms with Gasteiger partial charge in [0.15, 0.2) is 5.82 Å². The molecule has 0 aliphatic rings. The highest BCUT2D eigenvalue weighted by Crippen LogP contribution is 2.23. The maximum absolute atomic E-state index is 12.8. The lowest BCUT2D eigenvalue weighted by Gasteiger charge is -2.10. The van der Waals surface area contributed by atoms with Crippen LogP contribution in [-0.2, 0) is 50.8 Å². The number of pyridine rings is 4. The van der Waals surface area contributed by atoms with Gasteiger partial charge < -0.3 is 25.3 Å². The van der Waals surface area contributed by atoms with Gasteiger partial charge in [0.2, 0.25) is 5.91 Å². The summed E-state index contributed by atoms with van der Waals surface area (Å²) >= 11 is 0. The number of imidazole rings is 1. The summed E-state index contributed by atoms with van der Waals surface area (Å²) in [7, 11) is -10.8. The van der Waals surface area contributed by atoms with Crippen molar-refractivity contribution >= 4 is 91.2 Å². The number of rotatable bonds is 15. The largest absolute Gasteiger partial charge is 0.394 e. The molecule has 0 aliphatic carbocycles. The van der Waals surface area contributed by atoms with Crippen molar-refractivity contribution in [1.82, 2.24) is 80.7 Å². The molecule has 0 unspecified atom stereocenters. The van der Waals surface area contributed by atoms with Crippen LogP contribution in [0.15, 0.2) is 220 Å². The summed E-state index contributed by atoms with van der Waals surface area (Å²) in [5, 5.41) is 36.9. The molecule has 38 heteroatoms. The van der Waals surface area contributed by atoms with Crippen molar-refractivity contribution in [2.45, 2.75) is 55.8 Å². The Labute approximate surface area is 583 Å². The zero-order chi connectivity index (χ0) is 73.3. The van der Waals surface area contributed by atoms with Crippen LogP contribution in [0.25, 0.3) is 50.7 Å². The summed E-state index contributed by atoms with van der Waals surface area (Å²) < 4.78 is 113. The maximum atomic E-state index is 12.8. The van der Waals surface area contributed by atoms with Gasteiger partial charge in [0.1, 0.15) is 29.3 Å². The van der Waals surface area contributed by atoms with E-state index in [0.29, 0.717) is 36.0 Å². The molecule has 528 valence electrons. The van der Waals surface area contributed by atoms with E-state index >= 15 is 0 Å². The molecule has 5 amide bonds. The minimum atomic E-state index is -4.67. The highest BCUT2D eigenvalue weighted by molar-refractivity contribution is 8.13. The number of anilines is 3. The normalized spacial score (nSPS) is 11.2. The van der Waals surface area contributed by atoms with Gasteiger partial charge in [0, 0.05) is 95.6 Å². The van der Waals surface area contributed by atoms with Crippen LogP contribution < -0.4 is 37.2 Å². The van der Waals surface area contributed by atoms with Crippen LogP contribution >= 0.6 is 10.7 Å². The summed E-state index contributed by atoms with van der Waals surface area (Å²) in [5.41, 5.74) is 16.0. The molecule has 33 nitrogen and oxygen atoms in total. The van der Waals surface area contributed by atoms with E-state index in [1.165, 1.54) is 41.1 Å². The number of hydrogen-bond acceptors (Lipinski definition) is 19. The number of nitrogens with one attached hydrogen (secondary N) is 9. The van der Waals surface area contributed by atoms with Gasteiger partial charge in [-0.05, 0) is 144 Å². The third-order valence-corrected chi connectivity index (χ3v) is 17.2. The second-order valence-electron chi connectivity index (χ2n) is 20.9. The topological polar surface area (TPSA) is 489 Å². The van der Waals surface area contributed by atoms with Crippen LogP contribution in [0.5, 0.6) is 0 Å². The second kappa shape index (κ2) is 35.7. The van der Waals surface area contributed by atoms with Crippen LogP contribution in [0.2, 0.25) is 0 Å². The number of benzene rings is 3. The fourth-order valence-electron chi connectivity index (χ4n) is 8.39. The molecule has 101 heavy (non-hydrogen) atoms. The molecule has 13 N–H and O–H groups in total. The van der Waals surface area contributed by atoms with Gasteiger partial charge in [0.25, 0.3) is 29.1 Å². The van der Waals surface area contributed by atoms with Crippen molar-refractivity contribution in [2.24, 2.45) is 4.40 Å². The van der Waals surface area contributed by atoms with E-state index in [0.717, 1.165) is 56.1 Å². The number of fused-ring (bicyclic) bond motifs is 1. The molecule has 0 aliphatic heterocycles. The number of carbonyl (C=O) groups excluding carboxylic acids is 3. The quantitative estimate of drug-likeness (QED) is 0.0340. The first-order valence-corrected chi connectivity index (χ1v) is 36.2. The summed E-state index contributed by atoms with van der Waals surface area (Å²) in [6.45, 7) is 9.85. The Bertz CT molecular complexity index is 5240. The predicted molar refractivity (Wildman–Crippen MR) is 377 cm³/mol. The van der Waals surface area contributed by atoms with E-state index in [-0.39, 0.29) is 38.6 Å². The lowest BCUT2D eigenvalue weighted by molar-refractivity contribution is -0.120. The van der Waals surface area contributed by atoms with Crippen molar-refractivity contribution in [3.05, 3.63) is 224 Å². The highest BCUT2D eigenvalue weighted by Gasteiger charge is 2.18. The monoisotopic (exact) mass is 1470 g/mol. The molecular formula is C63H67ClN20O13S4. The van der Waals surface area contributed by atoms with E-state index in [2.05, 4.69) is 86.1 Å².